The van der Waals surface area contributed by atoms with Gasteiger partial charge in [0.15, 0.2) is 0 Å². The van der Waals surface area contributed by atoms with E-state index in [-0.39, 0.29) is 24.7 Å². The van der Waals surface area contributed by atoms with E-state index < -0.39 is 5.92 Å². The minimum atomic E-state index is -2.57. The van der Waals surface area contributed by atoms with Gasteiger partial charge in [-0.15, -0.1) is 0 Å². The Bertz CT molecular complexity index is 532. The second kappa shape index (κ2) is 7.49. The summed E-state index contributed by atoms with van der Waals surface area (Å²) in [4.78, 5) is 14.4. The van der Waals surface area contributed by atoms with E-state index in [2.05, 4.69) is 0 Å². The maximum Gasteiger partial charge on any atom is 0.248 e. The Balaban J connectivity index is 1.41. The molecule has 5 heteroatoms. The molecule has 3 nitrogen and oxygen atoms in total. The van der Waals surface area contributed by atoms with Gasteiger partial charge in [-0.05, 0) is 43.7 Å². The van der Waals surface area contributed by atoms with Crippen molar-refractivity contribution in [1.82, 2.24) is 4.90 Å². The molecule has 2 aliphatic rings. The van der Waals surface area contributed by atoms with E-state index in [1.165, 1.54) is 0 Å². The number of alkyl halides is 2. The van der Waals surface area contributed by atoms with Gasteiger partial charge in [-0.25, -0.2) is 8.78 Å². The number of ether oxygens (including phenoxy) is 1. The summed E-state index contributed by atoms with van der Waals surface area (Å²) >= 11 is 0. The van der Waals surface area contributed by atoms with Gasteiger partial charge in [0.2, 0.25) is 11.8 Å². The van der Waals surface area contributed by atoms with Crippen molar-refractivity contribution in [2.24, 2.45) is 11.8 Å². The highest BCUT2D eigenvalue weighted by Gasteiger charge is 2.39. The van der Waals surface area contributed by atoms with E-state index in [4.69, 9.17) is 4.74 Å². The minimum Gasteiger partial charge on any atom is -0.493 e. The lowest BCUT2D eigenvalue weighted by atomic mass is 9.85. The molecule has 1 heterocycles. The number of piperidine rings is 1. The van der Waals surface area contributed by atoms with Crippen molar-refractivity contribution in [2.75, 3.05) is 19.7 Å². The fourth-order valence-electron chi connectivity index (χ4n) is 3.60. The summed E-state index contributed by atoms with van der Waals surface area (Å²) in [5.41, 5.74) is 0. The summed E-state index contributed by atoms with van der Waals surface area (Å²) in [6, 6.07) is 9.74. The highest BCUT2D eigenvalue weighted by Crippen LogP contribution is 2.37. The van der Waals surface area contributed by atoms with E-state index in [1.807, 2.05) is 35.2 Å². The first-order valence-corrected chi connectivity index (χ1v) is 8.88. The van der Waals surface area contributed by atoms with Crippen molar-refractivity contribution >= 4 is 5.91 Å². The standard InChI is InChI=1S/C19H25F2NO2/c20-19(21)10-6-16(7-11-19)18(23)22-12-8-15(9-13-22)14-24-17-4-2-1-3-5-17/h1-5,15-16H,6-14H2. The van der Waals surface area contributed by atoms with Crippen molar-refractivity contribution < 1.29 is 18.3 Å². The van der Waals surface area contributed by atoms with Gasteiger partial charge in [0.1, 0.15) is 5.75 Å². The van der Waals surface area contributed by atoms with Crippen molar-refractivity contribution in [3.63, 3.8) is 0 Å². The van der Waals surface area contributed by atoms with Crippen molar-refractivity contribution in [1.29, 1.82) is 0 Å². The number of para-hydroxylation sites is 1. The van der Waals surface area contributed by atoms with Crippen LogP contribution in [-0.4, -0.2) is 36.4 Å². The van der Waals surface area contributed by atoms with Crippen molar-refractivity contribution in [3.05, 3.63) is 30.3 Å². The number of carbonyl (C=O) groups is 1. The lowest BCUT2D eigenvalue weighted by Crippen LogP contribution is -2.44. The fraction of sp³-hybridized carbons (Fsp3) is 0.632. The van der Waals surface area contributed by atoms with E-state index in [1.54, 1.807) is 0 Å². The van der Waals surface area contributed by atoms with Crippen LogP contribution in [0.1, 0.15) is 38.5 Å². The Morgan fingerprint density at radius 3 is 2.33 bits per heavy atom. The molecule has 0 bridgehead atoms. The largest absolute Gasteiger partial charge is 0.493 e. The lowest BCUT2D eigenvalue weighted by Gasteiger charge is -2.36. The number of amides is 1. The number of hydrogen-bond acceptors (Lipinski definition) is 2. The Hall–Kier alpha value is -1.65. The molecule has 0 spiro atoms. The number of halogens is 2. The molecular weight excluding hydrogens is 312 g/mol. The van der Waals surface area contributed by atoms with Gasteiger partial charge in [-0.2, -0.15) is 0 Å². The molecule has 2 fully saturated rings. The molecule has 1 aliphatic carbocycles. The molecule has 1 amide bonds. The summed E-state index contributed by atoms with van der Waals surface area (Å²) < 4.78 is 32.2. The highest BCUT2D eigenvalue weighted by molar-refractivity contribution is 5.79. The van der Waals surface area contributed by atoms with Gasteiger partial charge >= 0.3 is 0 Å². The van der Waals surface area contributed by atoms with Crippen LogP contribution in [0, 0.1) is 11.8 Å². The Labute approximate surface area is 142 Å². The van der Waals surface area contributed by atoms with Gasteiger partial charge in [0, 0.05) is 31.8 Å². The molecule has 0 N–H and O–H groups in total. The van der Waals surface area contributed by atoms with Crippen LogP contribution in [0.15, 0.2) is 30.3 Å². The Kier molecular flexibility index (Phi) is 5.36. The average Bonchev–Trinajstić information content (AvgIpc) is 2.61. The molecular formula is C19H25F2NO2. The van der Waals surface area contributed by atoms with Crippen molar-refractivity contribution in [2.45, 2.75) is 44.4 Å². The number of benzene rings is 1. The van der Waals surface area contributed by atoms with Gasteiger partial charge in [-0.1, -0.05) is 18.2 Å². The van der Waals surface area contributed by atoms with Crippen LogP contribution in [0.4, 0.5) is 8.78 Å². The fourth-order valence-corrected chi connectivity index (χ4v) is 3.60. The SMILES string of the molecule is O=C(C1CCC(F)(F)CC1)N1CCC(COc2ccccc2)CC1. The van der Waals surface area contributed by atoms with Crippen LogP contribution in [0.2, 0.25) is 0 Å². The zero-order chi connectivity index (χ0) is 17.0. The van der Waals surface area contributed by atoms with E-state index in [0.29, 0.717) is 38.5 Å². The zero-order valence-corrected chi connectivity index (χ0v) is 13.9. The summed E-state index contributed by atoms with van der Waals surface area (Å²) in [5, 5.41) is 0. The van der Waals surface area contributed by atoms with Crippen LogP contribution in [0.25, 0.3) is 0 Å². The minimum absolute atomic E-state index is 0.0768. The molecule has 3 rings (SSSR count). The maximum absolute atomic E-state index is 13.2. The molecule has 132 valence electrons. The van der Waals surface area contributed by atoms with Gasteiger partial charge in [0.05, 0.1) is 6.61 Å². The van der Waals surface area contributed by atoms with Gasteiger partial charge < -0.3 is 9.64 Å². The third-order valence-corrected chi connectivity index (χ3v) is 5.22. The normalized spacial score (nSPS) is 22.3. The van der Waals surface area contributed by atoms with E-state index in [9.17, 15) is 13.6 Å². The topological polar surface area (TPSA) is 29.5 Å². The third kappa shape index (κ3) is 4.46. The molecule has 1 aliphatic heterocycles. The monoisotopic (exact) mass is 337 g/mol. The van der Waals surface area contributed by atoms with Crippen LogP contribution in [0.5, 0.6) is 5.75 Å². The first-order valence-electron chi connectivity index (χ1n) is 8.88. The van der Waals surface area contributed by atoms with Crippen LogP contribution >= 0.6 is 0 Å². The van der Waals surface area contributed by atoms with Crippen LogP contribution < -0.4 is 4.74 Å². The number of nitrogens with zero attached hydrogens (tertiary/aromatic N) is 1. The Morgan fingerprint density at radius 1 is 1.08 bits per heavy atom. The summed E-state index contributed by atoms with van der Waals surface area (Å²) in [6.45, 7) is 2.10. The summed E-state index contributed by atoms with van der Waals surface area (Å²) in [6.07, 6.45) is 2.18. The number of carbonyl (C=O) groups excluding carboxylic acids is 1. The van der Waals surface area contributed by atoms with E-state index in [0.717, 1.165) is 18.6 Å². The van der Waals surface area contributed by atoms with Crippen LogP contribution in [-0.2, 0) is 4.79 Å². The highest BCUT2D eigenvalue weighted by atomic mass is 19.3. The summed E-state index contributed by atoms with van der Waals surface area (Å²) in [5.74, 6) is -1.38. The second-order valence-electron chi connectivity index (χ2n) is 7.02. The molecule has 0 radical (unpaired) electrons. The van der Waals surface area contributed by atoms with Crippen LogP contribution in [0.3, 0.4) is 0 Å². The smallest absolute Gasteiger partial charge is 0.248 e. The predicted octanol–water partition coefficient (Wildman–Crippen LogP) is 4.13. The molecule has 1 aromatic carbocycles. The molecule has 24 heavy (non-hydrogen) atoms. The second-order valence-corrected chi connectivity index (χ2v) is 7.02. The third-order valence-electron chi connectivity index (χ3n) is 5.22. The maximum atomic E-state index is 13.2. The Morgan fingerprint density at radius 2 is 1.71 bits per heavy atom. The zero-order valence-electron chi connectivity index (χ0n) is 13.9. The first-order chi connectivity index (χ1) is 11.5. The average molecular weight is 337 g/mol. The predicted molar refractivity (Wildman–Crippen MR) is 88.1 cm³/mol. The summed E-state index contributed by atoms with van der Waals surface area (Å²) in [7, 11) is 0. The van der Waals surface area contributed by atoms with E-state index >= 15 is 0 Å². The molecule has 0 unspecified atom stereocenters. The molecule has 1 saturated heterocycles. The number of hydrogen-bond donors (Lipinski definition) is 0. The van der Waals surface area contributed by atoms with Gasteiger partial charge in [-0.3, -0.25) is 4.79 Å². The first kappa shape index (κ1) is 17.2. The molecule has 1 aromatic rings. The molecule has 0 atom stereocenters. The lowest BCUT2D eigenvalue weighted by molar-refractivity contribution is -0.141. The van der Waals surface area contributed by atoms with Crippen molar-refractivity contribution in [3.8, 4) is 5.75 Å². The van der Waals surface area contributed by atoms with Gasteiger partial charge in [0.25, 0.3) is 0 Å². The molecule has 1 saturated carbocycles. The quantitative estimate of drug-likeness (QED) is 0.827. The number of likely N-dealkylation sites (tertiary alicyclic amines) is 1. The molecule has 0 aromatic heterocycles. The number of rotatable bonds is 4.